The summed E-state index contributed by atoms with van der Waals surface area (Å²) < 4.78 is 11.5. The molecule has 0 amide bonds. The number of methoxy groups -OCH3 is 1. The van der Waals surface area contributed by atoms with Crippen molar-refractivity contribution in [2.75, 3.05) is 13.3 Å². The molecule has 0 aromatic rings. The molecule has 0 saturated heterocycles. The molecule has 0 saturated carbocycles. The van der Waals surface area contributed by atoms with Gasteiger partial charge in [-0.25, -0.2) is 0 Å². The summed E-state index contributed by atoms with van der Waals surface area (Å²) in [5.74, 6) is 0. The summed E-state index contributed by atoms with van der Waals surface area (Å²) in [5, 5.41) is 3.28. The zero-order valence-corrected chi connectivity index (χ0v) is 9.24. The van der Waals surface area contributed by atoms with Crippen molar-refractivity contribution in [1.82, 2.24) is 0 Å². The molecular weight excluding hydrogens is 269 g/mol. The zero-order chi connectivity index (χ0) is 7.11. The van der Waals surface area contributed by atoms with Crippen LogP contribution in [0.5, 0.6) is 0 Å². The van der Waals surface area contributed by atoms with E-state index in [9.17, 15) is 0 Å². The van der Waals surface area contributed by atoms with Gasteiger partial charge in [0.05, 0.1) is 1.28 Å². The Morgan fingerprint density at radius 1 is 2.11 bits per heavy atom. The largest absolute Gasteiger partial charge is 0.375 e. The molecule has 0 rings (SSSR count). The fourth-order valence-corrected chi connectivity index (χ4v) is 0.477. The van der Waals surface area contributed by atoms with Crippen LogP contribution in [0.3, 0.4) is 0 Å². The first kappa shape index (κ1) is 10.1. The van der Waals surface area contributed by atoms with E-state index in [0.29, 0.717) is 6.16 Å². The number of ether oxygens (including phenoxy) is 1. The molecule has 0 heterocycles. The Balaban J connectivity index is 0. The Labute approximate surface area is 90.4 Å². The number of azide groups is 1. The van der Waals surface area contributed by atoms with Gasteiger partial charge in [0.15, 0.2) is 0 Å². The molecule has 6 heteroatoms. The molecule has 0 spiro atoms. The molecular formula is C3H8N3NdOP. The van der Waals surface area contributed by atoms with Gasteiger partial charge in [-0.05, 0) is 11.7 Å². The van der Waals surface area contributed by atoms with E-state index in [4.69, 9.17) is 11.5 Å². The maximum Gasteiger partial charge on any atom is 0.139 e. The molecule has 0 aliphatic carbocycles. The standard InChI is InChI=1S/C3H8N3OP.Nd/c1-7-3(2-8)5-6-4;/h3H,2,8H2,1H3;/i8T;. The molecule has 2 unspecified atom stereocenters. The first-order chi connectivity index (χ1) is 4.35. The molecule has 0 N–H and O–H groups in total. The Kier molecular flexibility index (Phi) is 10.1. The minimum absolute atomic E-state index is 0. The predicted octanol–water partition coefficient (Wildman–Crippen LogP) is 1.14. The maximum absolute atomic E-state index is 7.91. The molecule has 0 aromatic heterocycles. The third kappa shape index (κ3) is 6.94. The van der Waals surface area contributed by atoms with Crippen LogP contribution in [0.4, 0.5) is 0 Å². The third-order valence-electron chi connectivity index (χ3n) is 0.627. The van der Waals surface area contributed by atoms with E-state index < -0.39 is 6.23 Å². The minimum Gasteiger partial charge on any atom is -0.375 e. The summed E-state index contributed by atoms with van der Waals surface area (Å²) in [6, 6.07) is 0. The maximum atomic E-state index is 7.91. The van der Waals surface area contributed by atoms with Gasteiger partial charge in [-0.15, -0.1) is 9.18 Å². The number of hydrogen-bond acceptors (Lipinski definition) is 2. The number of nitrogens with zero attached hydrogens (tertiary/aromatic N) is 3. The Bertz CT molecular complexity index is 120. The molecule has 9 heavy (non-hydrogen) atoms. The van der Waals surface area contributed by atoms with Crippen molar-refractivity contribution in [1.29, 1.82) is 1.28 Å². The summed E-state index contributed by atoms with van der Waals surface area (Å²) >= 11 is 0. The quantitative estimate of drug-likeness (QED) is 0.329. The normalized spacial score (nSPS) is 13.7. The van der Waals surface area contributed by atoms with E-state index in [1.54, 1.807) is 0 Å². The molecule has 4 nitrogen and oxygen atoms in total. The van der Waals surface area contributed by atoms with Crippen LogP contribution >= 0.6 is 9.18 Å². The van der Waals surface area contributed by atoms with Crippen molar-refractivity contribution in [2.45, 2.75) is 6.23 Å². The van der Waals surface area contributed by atoms with Crippen molar-refractivity contribution in [3.63, 3.8) is 0 Å². The molecule has 0 fully saturated rings. The van der Waals surface area contributed by atoms with Crippen LogP contribution in [0.2, 0.25) is 0 Å². The fourth-order valence-electron chi connectivity index (χ4n) is 0.229. The fraction of sp³-hybridized carbons (Fsp3) is 1.00. The first-order valence-electron chi connectivity index (χ1n) is 2.56. The van der Waals surface area contributed by atoms with Gasteiger partial charge < -0.3 is 4.74 Å². The minimum atomic E-state index is -0.453. The van der Waals surface area contributed by atoms with Crippen molar-refractivity contribution in [3.05, 3.63) is 10.4 Å². The van der Waals surface area contributed by atoms with Gasteiger partial charge in [0.25, 0.3) is 0 Å². The smallest absolute Gasteiger partial charge is 0.139 e. The third-order valence-corrected chi connectivity index (χ3v) is 0.976. The summed E-state index contributed by atoms with van der Waals surface area (Å²) in [6.45, 7) is 0. The van der Waals surface area contributed by atoms with Gasteiger partial charge in [0.2, 0.25) is 0 Å². The average Bonchev–Trinajstić information content (AvgIpc) is 1.88. The summed E-state index contributed by atoms with van der Waals surface area (Å²) in [6.07, 6.45) is 0.0337. The topological polar surface area (TPSA) is 58.0 Å². The second-order valence-corrected chi connectivity index (χ2v) is 1.51. The van der Waals surface area contributed by atoms with Gasteiger partial charge in [-0.2, -0.15) is 0 Å². The van der Waals surface area contributed by atoms with E-state index >= 15 is 0 Å². The molecule has 0 aliphatic heterocycles. The van der Waals surface area contributed by atoms with E-state index in [1.165, 1.54) is 7.11 Å². The van der Waals surface area contributed by atoms with Crippen molar-refractivity contribution >= 4 is 9.18 Å². The summed E-state index contributed by atoms with van der Waals surface area (Å²) in [5.41, 5.74) is 7.91. The second-order valence-electron chi connectivity index (χ2n) is 1.10. The van der Waals surface area contributed by atoms with Crippen LogP contribution in [-0.4, -0.2) is 20.8 Å². The molecule has 0 bridgehead atoms. The SMILES string of the molecule is [3H]PCC(N=[N+]=[N-])OC.[Nd]. The zero-order valence-electron chi connectivity index (χ0n) is 6.03. The van der Waals surface area contributed by atoms with E-state index in [-0.39, 0.29) is 50.0 Å². The van der Waals surface area contributed by atoms with Crippen LogP contribution in [0.1, 0.15) is 0 Å². The number of hydrogen-bond donors (Lipinski definition) is 0. The average molecular weight is 279 g/mol. The molecule has 50 valence electrons. The van der Waals surface area contributed by atoms with Gasteiger partial charge in [0.1, 0.15) is 6.23 Å². The Hall–Kier alpha value is 1.05. The van der Waals surface area contributed by atoms with Crippen molar-refractivity contribution in [3.8, 4) is 0 Å². The molecule has 0 aliphatic rings. The van der Waals surface area contributed by atoms with Gasteiger partial charge >= 0.3 is 0 Å². The Morgan fingerprint density at radius 3 is 3.11 bits per heavy atom. The van der Waals surface area contributed by atoms with E-state index in [2.05, 4.69) is 10.0 Å². The van der Waals surface area contributed by atoms with E-state index in [0.717, 1.165) is 0 Å². The van der Waals surface area contributed by atoms with Crippen LogP contribution in [-0.2, 0) is 4.74 Å². The van der Waals surface area contributed by atoms with Gasteiger partial charge in [0, 0.05) is 52.9 Å². The van der Waals surface area contributed by atoms with Gasteiger partial charge in [-0.3, -0.25) is 0 Å². The number of rotatable bonds is 4. The first-order valence-corrected chi connectivity index (χ1v) is 2.77. The van der Waals surface area contributed by atoms with E-state index in [1.807, 2.05) is 0 Å². The molecule has 0 radical (unpaired) electrons. The molecule has 2 atom stereocenters. The van der Waals surface area contributed by atoms with Gasteiger partial charge in [-0.1, -0.05) is 5.11 Å². The van der Waals surface area contributed by atoms with Crippen LogP contribution in [0.15, 0.2) is 5.11 Å². The Morgan fingerprint density at radius 2 is 2.78 bits per heavy atom. The summed E-state index contributed by atoms with van der Waals surface area (Å²) in [4.78, 5) is 2.55. The molecule has 0 aromatic carbocycles. The van der Waals surface area contributed by atoms with Crippen LogP contribution < -0.4 is 0 Å². The van der Waals surface area contributed by atoms with Crippen LogP contribution in [0, 0.1) is 40.8 Å². The predicted molar refractivity (Wildman–Crippen MR) is 34.5 cm³/mol. The monoisotopic (exact) mass is 277 g/mol. The van der Waals surface area contributed by atoms with Crippen molar-refractivity contribution in [2.24, 2.45) is 5.11 Å². The second kappa shape index (κ2) is 9.05. The van der Waals surface area contributed by atoms with Crippen molar-refractivity contribution < 1.29 is 45.6 Å². The van der Waals surface area contributed by atoms with Crippen LogP contribution in [0.25, 0.3) is 10.4 Å². The summed E-state index contributed by atoms with van der Waals surface area (Å²) in [7, 11) is 1.47.